The summed E-state index contributed by atoms with van der Waals surface area (Å²) in [7, 11) is 0. The van der Waals surface area contributed by atoms with Crippen LogP contribution in [0.5, 0.6) is 0 Å². The number of anilines is 2. The van der Waals surface area contributed by atoms with Crippen molar-refractivity contribution in [1.82, 2.24) is 15.3 Å². The number of hydrogen-bond donors (Lipinski definition) is 2. The summed E-state index contributed by atoms with van der Waals surface area (Å²) < 4.78 is 37.6. The second-order valence-corrected chi connectivity index (χ2v) is 5.94. The van der Waals surface area contributed by atoms with Crippen LogP contribution in [0.15, 0.2) is 36.7 Å². The van der Waals surface area contributed by atoms with E-state index >= 15 is 0 Å². The van der Waals surface area contributed by atoms with Gasteiger partial charge in [0.1, 0.15) is 11.5 Å². The number of carbonyl (C=O) groups excluding carboxylic acids is 1. The fourth-order valence-electron chi connectivity index (χ4n) is 2.73. The van der Waals surface area contributed by atoms with Crippen molar-refractivity contribution in [2.24, 2.45) is 0 Å². The van der Waals surface area contributed by atoms with E-state index < -0.39 is 11.7 Å². The summed E-state index contributed by atoms with van der Waals surface area (Å²) in [6.45, 7) is 0. The lowest BCUT2D eigenvalue weighted by atomic mass is 10.2. The molecule has 1 aliphatic rings. The van der Waals surface area contributed by atoms with Crippen LogP contribution in [0.25, 0.3) is 0 Å². The summed E-state index contributed by atoms with van der Waals surface area (Å²) in [5.41, 5.74) is -0.0570. The van der Waals surface area contributed by atoms with Gasteiger partial charge in [-0.15, -0.1) is 0 Å². The van der Waals surface area contributed by atoms with Crippen LogP contribution in [0, 0.1) is 0 Å². The van der Waals surface area contributed by atoms with Gasteiger partial charge in [0.05, 0.1) is 18.0 Å². The number of carbonyl (C=O) groups is 1. The summed E-state index contributed by atoms with van der Waals surface area (Å²) in [6, 6.07) is 4.79. The van der Waals surface area contributed by atoms with Crippen LogP contribution in [0.3, 0.4) is 0 Å². The molecule has 1 amide bonds. The van der Waals surface area contributed by atoms with E-state index in [0.29, 0.717) is 11.5 Å². The first-order valence-electron chi connectivity index (χ1n) is 7.99. The number of hydrogen-bond acceptors (Lipinski definition) is 4. The molecule has 0 unspecified atom stereocenters. The van der Waals surface area contributed by atoms with Gasteiger partial charge in [-0.3, -0.25) is 4.79 Å². The van der Waals surface area contributed by atoms with Crippen LogP contribution in [0.2, 0.25) is 0 Å². The summed E-state index contributed by atoms with van der Waals surface area (Å²) in [4.78, 5) is 20.2. The Morgan fingerprint density at radius 1 is 1.04 bits per heavy atom. The molecule has 25 heavy (non-hydrogen) atoms. The molecule has 0 spiro atoms. The van der Waals surface area contributed by atoms with E-state index in [1.54, 1.807) is 0 Å². The molecule has 0 bridgehead atoms. The third-order valence-corrected chi connectivity index (χ3v) is 4.06. The average molecular weight is 350 g/mol. The maximum Gasteiger partial charge on any atom is 0.416 e. The molecule has 1 aromatic carbocycles. The third-order valence-electron chi connectivity index (χ3n) is 4.06. The fourth-order valence-corrected chi connectivity index (χ4v) is 2.73. The molecule has 1 fully saturated rings. The number of aromatic nitrogens is 2. The Kier molecular flexibility index (Phi) is 4.87. The van der Waals surface area contributed by atoms with Gasteiger partial charge in [0.2, 0.25) is 0 Å². The maximum atomic E-state index is 12.5. The van der Waals surface area contributed by atoms with Gasteiger partial charge in [0, 0.05) is 11.7 Å². The lowest BCUT2D eigenvalue weighted by Gasteiger charge is -2.11. The van der Waals surface area contributed by atoms with Crippen molar-refractivity contribution in [1.29, 1.82) is 0 Å². The summed E-state index contributed by atoms with van der Waals surface area (Å²) in [5.74, 6) is 0.0812. The van der Waals surface area contributed by atoms with Gasteiger partial charge in [-0.2, -0.15) is 13.2 Å². The minimum absolute atomic E-state index is 0.194. The van der Waals surface area contributed by atoms with Crippen molar-refractivity contribution in [2.75, 3.05) is 5.32 Å². The van der Waals surface area contributed by atoms with Gasteiger partial charge in [-0.25, -0.2) is 9.97 Å². The zero-order valence-electron chi connectivity index (χ0n) is 13.3. The molecule has 132 valence electrons. The van der Waals surface area contributed by atoms with E-state index in [1.165, 1.54) is 24.5 Å². The van der Waals surface area contributed by atoms with Gasteiger partial charge >= 0.3 is 6.18 Å². The van der Waals surface area contributed by atoms with Gasteiger partial charge in [-0.05, 0) is 37.1 Å². The Bertz CT molecular complexity index is 723. The van der Waals surface area contributed by atoms with Crippen LogP contribution in [-0.2, 0) is 6.18 Å². The zero-order chi connectivity index (χ0) is 17.9. The van der Waals surface area contributed by atoms with Crippen molar-refractivity contribution in [2.45, 2.75) is 37.9 Å². The quantitative estimate of drug-likeness (QED) is 0.877. The highest BCUT2D eigenvalue weighted by Gasteiger charge is 2.29. The molecule has 0 radical (unpaired) electrons. The highest BCUT2D eigenvalue weighted by atomic mass is 19.4. The lowest BCUT2D eigenvalue weighted by molar-refractivity contribution is -0.137. The topological polar surface area (TPSA) is 66.9 Å². The van der Waals surface area contributed by atoms with E-state index in [-0.39, 0.29) is 17.6 Å². The van der Waals surface area contributed by atoms with E-state index in [1.807, 2.05) is 0 Å². The first kappa shape index (κ1) is 17.2. The van der Waals surface area contributed by atoms with Crippen LogP contribution in [0.1, 0.15) is 41.7 Å². The van der Waals surface area contributed by atoms with Crippen molar-refractivity contribution >= 4 is 17.4 Å². The van der Waals surface area contributed by atoms with Crippen LogP contribution in [-0.4, -0.2) is 21.9 Å². The standard InChI is InChI=1S/C17H17F3N4O/c18-17(19,20)11-5-7-13(8-6-11)23-15-10-21-14(9-22-15)16(25)24-12-3-1-2-4-12/h5-10,12H,1-4H2,(H,22,23)(H,24,25). The monoisotopic (exact) mass is 350 g/mol. The number of nitrogens with zero attached hydrogens (tertiary/aromatic N) is 2. The molecule has 1 heterocycles. The molecule has 2 N–H and O–H groups in total. The molecule has 0 atom stereocenters. The number of benzene rings is 1. The normalized spacial score (nSPS) is 15.2. The Labute approximate surface area is 142 Å². The van der Waals surface area contributed by atoms with Gasteiger partial charge in [0.15, 0.2) is 0 Å². The third kappa shape index (κ3) is 4.46. The number of halogens is 3. The highest BCUT2D eigenvalue weighted by molar-refractivity contribution is 5.92. The SMILES string of the molecule is O=C(NC1CCCC1)c1cnc(Nc2ccc(C(F)(F)F)cc2)cn1. The Morgan fingerprint density at radius 3 is 2.28 bits per heavy atom. The van der Waals surface area contributed by atoms with Gasteiger partial charge in [0.25, 0.3) is 5.91 Å². The van der Waals surface area contributed by atoms with E-state index in [9.17, 15) is 18.0 Å². The van der Waals surface area contributed by atoms with Crippen LogP contribution < -0.4 is 10.6 Å². The number of nitrogens with one attached hydrogen (secondary N) is 2. The largest absolute Gasteiger partial charge is 0.416 e. The van der Waals surface area contributed by atoms with Crippen LogP contribution in [0.4, 0.5) is 24.7 Å². The summed E-state index contributed by atoms with van der Waals surface area (Å²) >= 11 is 0. The van der Waals surface area contributed by atoms with Crippen molar-refractivity contribution < 1.29 is 18.0 Å². The molecular weight excluding hydrogens is 333 g/mol. The first-order valence-corrected chi connectivity index (χ1v) is 7.99. The average Bonchev–Trinajstić information content (AvgIpc) is 3.08. The Morgan fingerprint density at radius 2 is 1.72 bits per heavy atom. The van der Waals surface area contributed by atoms with Crippen molar-refractivity contribution in [3.05, 3.63) is 47.9 Å². The molecule has 1 saturated carbocycles. The first-order chi connectivity index (χ1) is 11.9. The minimum Gasteiger partial charge on any atom is -0.348 e. The molecule has 0 saturated heterocycles. The smallest absolute Gasteiger partial charge is 0.348 e. The van der Waals surface area contributed by atoms with E-state index in [2.05, 4.69) is 20.6 Å². The van der Waals surface area contributed by atoms with Crippen molar-refractivity contribution in [3.8, 4) is 0 Å². The Hall–Kier alpha value is -2.64. The number of alkyl halides is 3. The molecule has 8 heteroatoms. The minimum atomic E-state index is -4.37. The molecule has 5 nitrogen and oxygen atoms in total. The van der Waals surface area contributed by atoms with E-state index in [4.69, 9.17) is 0 Å². The second kappa shape index (κ2) is 7.08. The Balaban J connectivity index is 1.61. The molecule has 0 aliphatic heterocycles. The predicted molar refractivity (Wildman–Crippen MR) is 86.5 cm³/mol. The predicted octanol–water partition coefficient (Wildman–Crippen LogP) is 3.91. The highest BCUT2D eigenvalue weighted by Crippen LogP contribution is 2.30. The molecule has 3 rings (SSSR count). The summed E-state index contributed by atoms with van der Waals surface area (Å²) in [5, 5.41) is 5.77. The molecule has 1 aromatic heterocycles. The molecule has 2 aromatic rings. The maximum absolute atomic E-state index is 12.5. The summed E-state index contributed by atoms with van der Waals surface area (Å²) in [6.07, 6.45) is 2.54. The van der Waals surface area contributed by atoms with Gasteiger partial charge in [-0.1, -0.05) is 12.8 Å². The van der Waals surface area contributed by atoms with Crippen LogP contribution >= 0.6 is 0 Å². The zero-order valence-corrected chi connectivity index (χ0v) is 13.3. The van der Waals surface area contributed by atoms with E-state index in [0.717, 1.165) is 37.8 Å². The number of rotatable bonds is 4. The molecular formula is C17H17F3N4O. The second-order valence-electron chi connectivity index (χ2n) is 5.94. The lowest BCUT2D eigenvalue weighted by Crippen LogP contribution is -2.33. The molecule has 1 aliphatic carbocycles. The fraction of sp³-hybridized carbons (Fsp3) is 0.353. The van der Waals surface area contributed by atoms with Gasteiger partial charge < -0.3 is 10.6 Å². The van der Waals surface area contributed by atoms with Crippen molar-refractivity contribution in [3.63, 3.8) is 0 Å². The number of amides is 1.